The fourth-order valence-corrected chi connectivity index (χ4v) is 2.47. The SMILES string of the molecule is CSc1ccc(Oc2cc(Br)ccc2CCl)cc1. The molecule has 0 aliphatic rings. The Hall–Kier alpha value is -0.640. The second-order valence-electron chi connectivity index (χ2n) is 3.66. The van der Waals surface area contributed by atoms with Gasteiger partial charge in [-0.1, -0.05) is 22.0 Å². The first-order valence-corrected chi connectivity index (χ1v) is 7.94. The van der Waals surface area contributed by atoms with Crippen LogP contribution < -0.4 is 4.74 Å². The van der Waals surface area contributed by atoms with Crippen molar-refractivity contribution < 1.29 is 4.74 Å². The molecule has 0 aliphatic heterocycles. The van der Waals surface area contributed by atoms with E-state index in [1.807, 2.05) is 42.5 Å². The van der Waals surface area contributed by atoms with Crippen LogP contribution in [0.2, 0.25) is 0 Å². The van der Waals surface area contributed by atoms with Gasteiger partial charge in [-0.2, -0.15) is 0 Å². The molecule has 0 fully saturated rings. The number of thioether (sulfide) groups is 1. The molecule has 0 bridgehead atoms. The molecule has 18 heavy (non-hydrogen) atoms. The standard InChI is InChI=1S/C14H12BrClOS/c1-18-13-6-4-12(5-7-13)17-14-8-11(15)3-2-10(14)9-16/h2-8H,9H2,1H3. The lowest BCUT2D eigenvalue weighted by Gasteiger charge is -2.10. The van der Waals surface area contributed by atoms with Crippen LogP contribution in [0.25, 0.3) is 0 Å². The molecule has 2 aromatic rings. The Labute approximate surface area is 125 Å². The van der Waals surface area contributed by atoms with Gasteiger partial charge in [0, 0.05) is 14.9 Å². The molecule has 0 unspecified atom stereocenters. The molecule has 1 nitrogen and oxygen atoms in total. The zero-order valence-electron chi connectivity index (χ0n) is 9.82. The number of ether oxygens (including phenoxy) is 1. The summed E-state index contributed by atoms with van der Waals surface area (Å²) < 4.78 is 6.84. The van der Waals surface area contributed by atoms with Gasteiger partial charge in [0.2, 0.25) is 0 Å². The highest BCUT2D eigenvalue weighted by Gasteiger charge is 2.05. The molecular formula is C14H12BrClOS. The van der Waals surface area contributed by atoms with E-state index in [9.17, 15) is 0 Å². The predicted molar refractivity (Wildman–Crippen MR) is 82.0 cm³/mol. The van der Waals surface area contributed by atoms with Crippen molar-refractivity contribution in [2.45, 2.75) is 10.8 Å². The minimum atomic E-state index is 0.436. The highest BCUT2D eigenvalue weighted by Crippen LogP contribution is 2.30. The minimum Gasteiger partial charge on any atom is -0.457 e. The molecular weight excluding hydrogens is 332 g/mol. The first-order valence-electron chi connectivity index (χ1n) is 5.39. The van der Waals surface area contributed by atoms with E-state index in [-0.39, 0.29) is 0 Å². The number of hydrogen-bond donors (Lipinski definition) is 0. The smallest absolute Gasteiger partial charge is 0.132 e. The highest BCUT2D eigenvalue weighted by molar-refractivity contribution is 9.10. The summed E-state index contributed by atoms with van der Waals surface area (Å²) in [5, 5.41) is 0. The van der Waals surface area contributed by atoms with Crippen molar-refractivity contribution in [1.29, 1.82) is 0 Å². The minimum absolute atomic E-state index is 0.436. The Morgan fingerprint density at radius 2 is 1.89 bits per heavy atom. The Morgan fingerprint density at radius 3 is 2.50 bits per heavy atom. The lowest BCUT2D eigenvalue weighted by Crippen LogP contribution is -1.89. The van der Waals surface area contributed by atoms with Crippen molar-refractivity contribution >= 4 is 39.3 Å². The van der Waals surface area contributed by atoms with Crippen molar-refractivity contribution in [1.82, 2.24) is 0 Å². The topological polar surface area (TPSA) is 9.23 Å². The third-order valence-corrected chi connectivity index (χ3v) is 3.99. The summed E-state index contributed by atoms with van der Waals surface area (Å²) in [5.41, 5.74) is 0.980. The van der Waals surface area contributed by atoms with Gasteiger partial charge >= 0.3 is 0 Å². The second kappa shape index (κ2) is 6.50. The van der Waals surface area contributed by atoms with E-state index in [0.29, 0.717) is 5.88 Å². The summed E-state index contributed by atoms with van der Waals surface area (Å²) in [6, 6.07) is 13.9. The summed E-state index contributed by atoms with van der Waals surface area (Å²) in [7, 11) is 0. The lowest BCUT2D eigenvalue weighted by molar-refractivity contribution is 0.477. The molecule has 0 atom stereocenters. The highest BCUT2D eigenvalue weighted by atomic mass is 79.9. The third-order valence-electron chi connectivity index (χ3n) is 2.46. The summed E-state index contributed by atoms with van der Waals surface area (Å²) in [5.74, 6) is 2.04. The van der Waals surface area contributed by atoms with Crippen LogP contribution in [0.5, 0.6) is 11.5 Å². The Balaban J connectivity index is 2.24. The maximum atomic E-state index is 5.90. The van der Waals surface area contributed by atoms with E-state index < -0.39 is 0 Å². The van der Waals surface area contributed by atoms with Crippen molar-refractivity contribution in [3.63, 3.8) is 0 Å². The number of benzene rings is 2. The molecule has 0 heterocycles. The summed E-state index contributed by atoms with van der Waals surface area (Å²) in [6.07, 6.45) is 2.05. The van der Waals surface area contributed by atoms with E-state index in [1.165, 1.54) is 4.90 Å². The molecule has 0 radical (unpaired) electrons. The molecule has 0 N–H and O–H groups in total. The maximum Gasteiger partial charge on any atom is 0.132 e. The molecule has 0 aliphatic carbocycles. The summed E-state index contributed by atoms with van der Waals surface area (Å²) in [4.78, 5) is 1.22. The van der Waals surface area contributed by atoms with Crippen LogP contribution in [0, 0.1) is 0 Å². The molecule has 0 amide bonds. The van der Waals surface area contributed by atoms with Gasteiger partial charge in [-0.25, -0.2) is 0 Å². The van der Waals surface area contributed by atoms with E-state index in [4.69, 9.17) is 16.3 Å². The number of hydrogen-bond acceptors (Lipinski definition) is 2. The fraction of sp³-hybridized carbons (Fsp3) is 0.143. The largest absolute Gasteiger partial charge is 0.457 e. The van der Waals surface area contributed by atoms with Gasteiger partial charge in [0.15, 0.2) is 0 Å². The van der Waals surface area contributed by atoms with Crippen LogP contribution in [0.1, 0.15) is 5.56 Å². The van der Waals surface area contributed by atoms with Crippen LogP contribution in [0.3, 0.4) is 0 Å². The molecule has 2 aromatic carbocycles. The van der Waals surface area contributed by atoms with Crippen LogP contribution in [0.15, 0.2) is 51.8 Å². The van der Waals surface area contributed by atoms with Gasteiger partial charge in [-0.3, -0.25) is 0 Å². The van der Waals surface area contributed by atoms with Crippen molar-refractivity contribution in [2.75, 3.05) is 6.26 Å². The molecule has 0 saturated carbocycles. The van der Waals surface area contributed by atoms with Crippen LogP contribution in [0.4, 0.5) is 0 Å². The average Bonchev–Trinajstić information content (AvgIpc) is 2.40. The van der Waals surface area contributed by atoms with Gasteiger partial charge < -0.3 is 4.74 Å². The molecule has 4 heteroatoms. The zero-order valence-corrected chi connectivity index (χ0v) is 13.0. The van der Waals surface area contributed by atoms with Crippen LogP contribution in [-0.2, 0) is 5.88 Å². The average molecular weight is 344 g/mol. The molecule has 0 saturated heterocycles. The van der Waals surface area contributed by atoms with Crippen LogP contribution >= 0.6 is 39.3 Å². The first kappa shape index (κ1) is 13.8. The van der Waals surface area contributed by atoms with Gasteiger partial charge in [0.25, 0.3) is 0 Å². The molecule has 0 spiro atoms. The number of alkyl halides is 1. The van der Waals surface area contributed by atoms with Gasteiger partial charge in [0.05, 0.1) is 5.88 Å². The van der Waals surface area contributed by atoms with Crippen molar-refractivity contribution in [3.05, 3.63) is 52.5 Å². The van der Waals surface area contributed by atoms with E-state index in [0.717, 1.165) is 21.5 Å². The quantitative estimate of drug-likeness (QED) is 0.520. The predicted octanol–water partition coefficient (Wildman–Crippen LogP) is 5.70. The monoisotopic (exact) mass is 342 g/mol. The third kappa shape index (κ3) is 3.44. The van der Waals surface area contributed by atoms with Crippen molar-refractivity contribution in [2.24, 2.45) is 0 Å². The lowest BCUT2D eigenvalue weighted by atomic mass is 10.2. The van der Waals surface area contributed by atoms with Gasteiger partial charge in [-0.15, -0.1) is 23.4 Å². The summed E-state index contributed by atoms with van der Waals surface area (Å²) in [6.45, 7) is 0. The Kier molecular flexibility index (Phi) is 4.98. The second-order valence-corrected chi connectivity index (χ2v) is 5.73. The number of rotatable bonds is 4. The van der Waals surface area contributed by atoms with E-state index in [1.54, 1.807) is 11.8 Å². The number of halogens is 2. The molecule has 94 valence electrons. The Morgan fingerprint density at radius 1 is 1.17 bits per heavy atom. The van der Waals surface area contributed by atoms with Crippen molar-refractivity contribution in [3.8, 4) is 11.5 Å². The normalized spacial score (nSPS) is 10.4. The van der Waals surface area contributed by atoms with E-state index >= 15 is 0 Å². The van der Waals surface area contributed by atoms with Gasteiger partial charge in [-0.05, 0) is 42.7 Å². The summed E-state index contributed by atoms with van der Waals surface area (Å²) >= 11 is 11.0. The molecule has 2 rings (SSSR count). The van der Waals surface area contributed by atoms with E-state index in [2.05, 4.69) is 22.2 Å². The Bertz CT molecular complexity index is 528. The molecule has 0 aromatic heterocycles. The zero-order chi connectivity index (χ0) is 13.0. The van der Waals surface area contributed by atoms with Gasteiger partial charge in [0.1, 0.15) is 11.5 Å². The van der Waals surface area contributed by atoms with Crippen LogP contribution in [-0.4, -0.2) is 6.26 Å². The first-order chi connectivity index (χ1) is 8.72. The fourth-order valence-electron chi connectivity index (χ4n) is 1.50. The maximum absolute atomic E-state index is 5.90.